The zero-order valence-electron chi connectivity index (χ0n) is 14.5. The average molecular weight is 341 g/mol. The third-order valence-corrected chi connectivity index (χ3v) is 5.07. The van der Waals surface area contributed by atoms with E-state index in [-0.39, 0.29) is 10.8 Å². The molecule has 0 radical (unpaired) electrons. The van der Waals surface area contributed by atoms with Gasteiger partial charge in [0.1, 0.15) is 0 Å². The van der Waals surface area contributed by atoms with Crippen molar-refractivity contribution in [2.75, 3.05) is 20.1 Å². The van der Waals surface area contributed by atoms with Crippen LogP contribution in [0.15, 0.2) is 29.2 Å². The van der Waals surface area contributed by atoms with Crippen LogP contribution >= 0.6 is 0 Å². The summed E-state index contributed by atoms with van der Waals surface area (Å²) in [7, 11) is -2.21. The molecule has 7 heteroatoms. The number of amides is 1. The normalized spacial score (nSPS) is 12.2. The van der Waals surface area contributed by atoms with Gasteiger partial charge in [-0.05, 0) is 52.9 Å². The van der Waals surface area contributed by atoms with Crippen molar-refractivity contribution in [3.63, 3.8) is 0 Å². The Morgan fingerprint density at radius 1 is 1.17 bits per heavy atom. The average Bonchev–Trinajstić information content (AvgIpc) is 2.50. The van der Waals surface area contributed by atoms with Crippen molar-refractivity contribution in [1.82, 2.24) is 14.9 Å². The van der Waals surface area contributed by atoms with Crippen LogP contribution in [0.2, 0.25) is 0 Å². The number of nitrogens with one attached hydrogen (secondary N) is 2. The van der Waals surface area contributed by atoms with E-state index in [0.29, 0.717) is 24.2 Å². The lowest BCUT2D eigenvalue weighted by atomic mass is 10.2. The number of carbonyl (C=O) groups is 1. The summed E-state index contributed by atoms with van der Waals surface area (Å²) in [6.45, 7) is 9.73. The van der Waals surface area contributed by atoms with Crippen molar-refractivity contribution < 1.29 is 13.2 Å². The van der Waals surface area contributed by atoms with E-state index < -0.39 is 10.0 Å². The van der Waals surface area contributed by atoms with E-state index in [1.165, 1.54) is 19.2 Å². The van der Waals surface area contributed by atoms with Crippen molar-refractivity contribution in [2.45, 2.75) is 44.7 Å². The molecule has 0 atom stereocenters. The molecule has 0 aromatic heterocycles. The molecule has 0 saturated heterocycles. The Hall–Kier alpha value is -1.44. The van der Waals surface area contributed by atoms with E-state index >= 15 is 0 Å². The van der Waals surface area contributed by atoms with Crippen molar-refractivity contribution in [3.05, 3.63) is 29.8 Å². The van der Waals surface area contributed by atoms with Crippen LogP contribution in [0.4, 0.5) is 0 Å². The van der Waals surface area contributed by atoms with Gasteiger partial charge in [-0.15, -0.1) is 0 Å². The number of sulfonamides is 1. The van der Waals surface area contributed by atoms with Crippen molar-refractivity contribution in [2.24, 2.45) is 0 Å². The van der Waals surface area contributed by atoms with Crippen LogP contribution in [0.1, 0.15) is 38.1 Å². The quantitative estimate of drug-likeness (QED) is 0.750. The van der Waals surface area contributed by atoms with Gasteiger partial charge < -0.3 is 5.32 Å². The van der Waals surface area contributed by atoms with Crippen molar-refractivity contribution in [3.8, 4) is 0 Å². The molecule has 1 amide bonds. The van der Waals surface area contributed by atoms with Gasteiger partial charge in [-0.25, -0.2) is 13.1 Å². The summed E-state index contributed by atoms with van der Waals surface area (Å²) < 4.78 is 25.8. The number of rotatable bonds is 8. The highest BCUT2D eigenvalue weighted by Gasteiger charge is 2.15. The summed E-state index contributed by atoms with van der Waals surface area (Å²) in [5.74, 6) is -0.273. The molecular weight excluding hydrogens is 314 g/mol. The number of hydrogen-bond donors (Lipinski definition) is 2. The first kappa shape index (κ1) is 19.6. The number of carbonyl (C=O) groups excluding carboxylic acids is 1. The van der Waals surface area contributed by atoms with E-state index in [9.17, 15) is 13.2 Å². The van der Waals surface area contributed by atoms with Crippen LogP contribution in [0.5, 0.6) is 0 Å². The summed E-state index contributed by atoms with van der Waals surface area (Å²) in [6.07, 6.45) is 0. The maximum absolute atomic E-state index is 12.2. The van der Waals surface area contributed by atoms with E-state index in [0.717, 1.165) is 6.54 Å². The highest BCUT2D eigenvalue weighted by Crippen LogP contribution is 2.11. The molecule has 1 aromatic carbocycles. The number of benzene rings is 1. The van der Waals surface area contributed by atoms with Crippen molar-refractivity contribution >= 4 is 15.9 Å². The minimum Gasteiger partial charge on any atom is -0.351 e. The fraction of sp³-hybridized carbons (Fsp3) is 0.562. The minimum atomic E-state index is -3.55. The minimum absolute atomic E-state index is 0.0821. The zero-order valence-corrected chi connectivity index (χ0v) is 15.3. The third-order valence-electron chi connectivity index (χ3n) is 3.66. The van der Waals surface area contributed by atoms with Gasteiger partial charge in [0, 0.05) is 30.7 Å². The van der Waals surface area contributed by atoms with Gasteiger partial charge >= 0.3 is 0 Å². The Bertz CT molecular complexity index is 619. The summed E-state index contributed by atoms with van der Waals surface area (Å²) in [4.78, 5) is 14.6. The Morgan fingerprint density at radius 3 is 2.30 bits per heavy atom. The first-order valence-electron chi connectivity index (χ1n) is 7.76. The zero-order chi connectivity index (χ0) is 17.6. The molecule has 6 nitrogen and oxygen atoms in total. The molecule has 1 aromatic rings. The molecule has 0 fully saturated rings. The molecular formula is C16H27N3O3S. The lowest BCUT2D eigenvalue weighted by molar-refractivity contribution is 0.0939. The SMILES string of the molecule is CNS(=O)(=O)c1cccc(C(=O)NCCN(C(C)C)C(C)C)c1. The maximum Gasteiger partial charge on any atom is 0.251 e. The topological polar surface area (TPSA) is 78.5 Å². The van der Waals surface area contributed by atoms with Gasteiger partial charge in [-0.1, -0.05) is 6.07 Å². The third kappa shape index (κ3) is 5.60. The fourth-order valence-electron chi connectivity index (χ4n) is 2.44. The lowest BCUT2D eigenvalue weighted by Crippen LogP contribution is -2.42. The molecule has 0 aliphatic carbocycles. The smallest absolute Gasteiger partial charge is 0.251 e. The van der Waals surface area contributed by atoms with E-state index in [1.54, 1.807) is 12.1 Å². The second-order valence-electron chi connectivity index (χ2n) is 5.92. The first-order chi connectivity index (χ1) is 10.7. The first-order valence-corrected chi connectivity index (χ1v) is 9.25. The van der Waals surface area contributed by atoms with Gasteiger partial charge in [0.05, 0.1) is 4.90 Å². The molecule has 0 unspecified atom stereocenters. The summed E-state index contributed by atoms with van der Waals surface area (Å²) in [5, 5.41) is 2.84. The monoisotopic (exact) mass is 341 g/mol. The second kappa shape index (κ2) is 8.42. The van der Waals surface area contributed by atoms with E-state index in [4.69, 9.17) is 0 Å². The Balaban J connectivity index is 2.71. The number of nitrogens with zero attached hydrogens (tertiary/aromatic N) is 1. The Morgan fingerprint density at radius 2 is 1.78 bits per heavy atom. The number of hydrogen-bond acceptors (Lipinski definition) is 4. The predicted octanol–water partition coefficient (Wildman–Crippen LogP) is 1.44. The van der Waals surface area contributed by atoms with E-state index in [1.807, 2.05) is 0 Å². The van der Waals surface area contributed by atoms with E-state index in [2.05, 4.69) is 42.6 Å². The van der Waals surface area contributed by atoms with Crippen LogP contribution in [-0.2, 0) is 10.0 Å². The highest BCUT2D eigenvalue weighted by atomic mass is 32.2. The molecule has 0 spiro atoms. The van der Waals surface area contributed by atoms with Crippen LogP contribution in [0, 0.1) is 0 Å². The van der Waals surface area contributed by atoms with Gasteiger partial charge in [0.15, 0.2) is 0 Å². The molecule has 0 aliphatic heterocycles. The summed E-state index contributed by atoms with van der Waals surface area (Å²) in [5.41, 5.74) is 0.335. The highest BCUT2D eigenvalue weighted by molar-refractivity contribution is 7.89. The standard InChI is InChI=1S/C16H27N3O3S/c1-12(2)19(13(3)4)10-9-18-16(20)14-7-6-8-15(11-14)23(21,22)17-5/h6-8,11-13,17H,9-10H2,1-5H3,(H,18,20). The lowest BCUT2D eigenvalue weighted by Gasteiger charge is -2.30. The molecule has 130 valence electrons. The largest absolute Gasteiger partial charge is 0.351 e. The van der Waals surface area contributed by atoms with Gasteiger partial charge in [0.2, 0.25) is 10.0 Å². The van der Waals surface area contributed by atoms with Crippen LogP contribution in [-0.4, -0.2) is 51.4 Å². The fourth-order valence-corrected chi connectivity index (χ4v) is 3.21. The summed E-state index contributed by atoms with van der Waals surface area (Å²) in [6, 6.07) is 6.80. The van der Waals surface area contributed by atoms with Crippen molar-refractivity contribution in [1.29, 1.82) is 0 Å². The second-order valence-corrected chi connectivity index (χ2v) is 7.80. The molecule has 0 bridgehead atoms. The van der Waals surface area contributed by atoms with Crippen LogP contribution < -0.4 is 10.0 Å². The van der Waals surface area contributed by atoms with Gasteiger partial charge in [0.25, 0.3) is 5.91 Å². The molecule has 0 aliphatic rings. The summed E-state index contributed by atoms with van der Waals surface area (Å²) >= 11 is 0. The molecule has 0 saturated carbocycles. The van der Waals surface area contributed by atoms with Gasteiger partial charge in [-0.3, -0.25) is 9.69 Å². The van der Waals surface area contributed by atoms with Crippen LogP contribution in [0.3, 0.4) is 0 Å². The Labute approximate surface area is 139 Å². The molecule has 23 heavy (non-hydrogen) atoms. The molecule has 2 N–H and O–H groups in total. The molecule has 0 heterocycles. The predicted molar refractivity (Wildman–Crippen MR) is 92.0 cm³/mol. The Kier molecular flexibility index (Phi) is 7.18. The maximum atomic E-state index is 12.2. The molecule has 1 rings (SSSR count). The van der Waals surface area contributed by atoms with Crippen LogP contribution in [0.25, 0.3) is 0 Å². The van der Waals surface area contributed by atoms with Gasteiger partial charge in [-0.2, -0.15) is 0 Å².